The van der Waals surface area contributed by atoms with Gasteiger partial charge in [-0.2, -0.15) is 0 Å². The Bertz CT molecular complexity index is 787. The molecule has 1 amide bonds. The maximum absolute atomic E-state index is 11.9. The molecular formula is C17H17N3O5. The topological polar surface area (TPSA) is 126 Å². The van der Waals surface area contributed by atoms with Gasteiger partial charge in [-0.05, 0) is 42.5 Å². The van der Waals surface area contributed by atoms with Crippen LogP contribution in [0.1, 0.15) is 15.9 Å². The number of amides is 1. The Balaban J connectivity index is 2.00. The number of carbonyl (C=O) groups is 2. The Hall–Kier alpha value is -3.55. The third kappa shape index (κ3) is 5.24. The minimum absolute atomic E-state index is 0.0118. The van der Waals surface area contributed by atoms with Gasteiger partial charge in [0.25, 0.3) is 5.91 Å². The highest BCUT2D eigenvalue weighted by molar-refractivity contribution is 5.98. The van der Waals surface area contributed by atoms with Crippen LogP contribution in [0.25, 0.3) is 0 Å². The first-order chi connectivity index (χ1) is 12.0. The second kappa shape index (κ2) is 8.34. The molecule has 0 saturated heterocycles. The lowest BCUT2D eigenvalue weighted by Crippen LogP contribution is -2.20. The van der Waals surface area contributed by atoms with E-state index in [4.69, 9.17) is 25.8 Å². The number of amidine groups is 1. The number of benzene rings is 2. The maximum atomic E-state index is 11.9. The number of methoxy groups -OCH3 is 1. The van der Waals surface area contributed by atoms with Crippen molar-refractivity contribution in [2.24, 2.45) is 16.6 Å². The molecule has 4 N–H and O–H groups in total. The minimum Gasteiger partial charge on any atom is -0.497 e. The van der Waals surface area contributed by atoms with Crippen LogP contribution in [0.4, 0.5) is 0 Å². The van der Waals surface area contributed by atoms with Crippen molar-refractivity contribution in [2.45, 2.75) is 0 Å². The van der Waals surface area contributed by atoms with Crippen LogP contribution in [-0.4, -0.2) is 31.4 Å². The zero-order valence-corrected chi connectivity index (χ0v) is 13.5. The Labute approximate surface area is 144 Å². The summed E-state index contributed by atoms with van der Waals surface area (Å²) in [7, 11) is 1.50. The maximum Gasteiger partial charge on any atom is 0.365 e. The van der Waals surface area contributed by atoms with Crippen molar-refractivity contribution in [3.63, 3.8) is 0 Å². The van der Waals surface area contributed by atoms with Gasteiger partial charge >= 0.3 is 5.97 Å². The Morgan fingerprint density at radius 3 is 2.36 bits per heavy atom. The van der Waals surface area contributed by atoms with Crippen LogP contribution < -0.4 is 20.9 Å². The summed E-state index contributed by atoms with van der Waals surface area (Å²) < 4.78 is 10.2. The van der Waals surface area contributed by atoms with Crippen molar-refractivity contribution in [2.75, 3.05) is 13.7 Å². The van der Waals surface area contributed by atoms with Crippen LogP contribution in [0.2, 0.25) is 0 Å². The summed E-state index contributed by atoms with van der Waals surface area (Å²) in [6.07, 6.45) is 0. The highest BCUT2D eigenvalue weighted by atomic mass is 16.7. The van der Waals surface area contributed by atoms with Crippen LogP contribution in [-0.2, 0) is 9.63 Å². The van der Waals surface area contributed by atoms with E-state index in [1.807, 2.05) is 0 Å². The summed E-state index contributed by atoms with van der Waals surface area (Å²) in [5.74, 6) is -0.253. The molecule has 25 heavy (non-hydrogen) atoms. The average Bonchev–Trinajstić information content (AvgIpc) is 2.64. The van der Waals surface area contributed by atoms with E-state index in [9.17, 15) is 9.59 Å². The fourth-order valence-corrected chi connectivity index (χ4v) is 1.82. The fraction of sp³-hybridized carbons (Fsp3) is 0.118. The van der Waals surface area contributed by atoms with Crippen LogP contribution >= 0.6 is 0 Å². The molecule has 0 spiro atoms. The molecule has 2 aromatic rings. The second-order valence-electron chi connectivity index (χ2n) is 4.87. The summed E-state index contributed by atoms with van der Waals surface area (Å²) in [5, 5.41) is 3.62. The summed E-state index contributed by atoms with van der Waals surface area (Å²) in [5.41, 5.74) is 11.6. The zero-order chi connectivity index (χ0) is 18.2. The van der Waals surface area contributed by atoms with E-state index in [1.54, 1.807) is 42.5 Å². The first kappa shape index (κ1) is 17.8. The monoisotopic (exact) mass is 343 g/mol. The summed E-state index contributed by atoms with van der Waals surface area (Å²) in [4.78, 5) is 27.4. The second-order valence-corrected chi connectivity index (χ2v) is 4.87. The number of hydrogen-bond acceptors (Lipinski definition) is 6. The number of ether oxygens (including phenoxy) is 2. The van der Waals surface area contributed by atoms with E-state index in [0.29, 0.717) is 17.1 Å². The fourth-order valence-electron chi connectivity index (χ4n) is 1.82. The molecule has 0 aromatic heterocycles. The lowest BCUT2D eigenvalue weighted by Gasteiger charge is -2.05. The minimum atomic E-state index is -0.664. The molecule has 0 aliphatic carbocycles. The van der Waals surface area contributed by atoms with Crippen molar-refractivity contribution in [1.82, 2.24) is 0 Å². The molecule has 8 nitrogen and oxygen atoms in total. The van der Waals surface area contributed by atoms with Gasteiger partial charge in [0, 0.05) is 5.56 Å². The smallest absolute Gasteiger partial charge is 0.365 e. The lowest BCUT2D eigenvalue weighted by atomic mass is 10.2. The largest absolute Gasteiger partial charge is 0.497 e. The van der Waals surface area contributed by atoms with Crippen LogP contribution in [0.3, 0.4) is 0 Å². The number of hydrogen-bond donors (Lipinski definition) is 2. The van der Waals surface area contributed by atoms with E-state index < -0.39 is 11.9 Å². The van der Waals surface area contributed by atoms with Gasteiger partial charge in [0.05, 0.1) is 12.7 Å². The van der Waals surface area contributed by atoms with Gasteiger partial charge in [0.15, 0.2) is 12.4 Å². The molecule has 0 bridgehead atoms. The molecule has 0 aliphatic rings. The van der Waals surface area contributed by atoms with Gasteiger partial charge in [0.1, 0.15) is 11.5 Å². The first-order valence-corrected chi connectivity index (χ1v) is 7.20. The zero-order valence-electron chi connectivity index (χ0n) is 13.5. The van der Waals surface area contributed by atoms with E-state index in [0.717, 1.165) is 0 Å². The van der Waals surface area contributed by atoms with E-state index >= 15 is 0 Å². The van der Waals surface area contributed by atoms with Gasteiger partial charge in [-0.15, -0.1) is 0 Å². The van der Waals surface area contributed by atoms with Gasteiger partial charge in [0.2, 0.25) is 0 Å². The molecule has 0 heterocycles. The number of nitrogens with two attached hydrogens (primary N) is 2. The Kier molecular flexibility index (Phi) is 5.94. The molecule has 0 radical (unpaired) electrons. The molecule has 130 valence electrons. The first-order valence-electron chi connectivity index (χ1n) is 7.20. The van der Waals surface area contributed by atoms with Gasteiger partial charge in [-0.25, -0.2) is 4.79 Å². The van der Waals surface area contributed by atoms with Crippen LogP contribution in [0, 0.1) is 0 Å². The number of oxime groups is 1. The number of nitrogens with zero attached hydrogens (tertiary/aromatic N) is 1. The molecule has 2 aromatic carbocycles. The van der Waals surface area contributed by atoms with Crippen LogP contribution in [0.15, 0.2) is 53.7 Å². The third-order valence-electron chi connectivity index (χ3n) is 3.06. The molecule has 2 rings (SSSR count). The molecule has 0 aliphatic heterocycles. The van der Waals surface area contributed by atoms with Gasteiger partial charge in [-0.3, -0.25) is 4.79 Å². The Morgan fingerprint density at radius 1 is 1.00 bits per heavy atom. The van der Waals surface area contributed by atoms with E-state index in [-0.39, 0.29) is 18.0 Å². The molecular weight excluding hydrogens is 326 g/mol. The number of carbonyl (C=O) groups excluding carboxylic acids is 2. The van der Waals surface area contributed by atoms with Crippen molar-refractivity contribution >= 4 is 17.7 Å². The molecule has 0 saturated carbocycles. The number of primary amides is 1. The SMILES string of the molecule is COc1cccc(C(=O)O/N=C(\N)c2ccc(OCC(N)=O)cc2)c1. The predicted octanol–water partition coefficient (Wildman–Crippen LogP) is 1.04. The van der Waals surface area contributed by atoms with E-state index in [1.165, 1.54) is 13.2 Å². The van der Waals surface area contributed by atoms with Gasteiger partial charge < -0.3 is 25.8 Å². The van der Waals surface area contributed by atoms with E-state index in [2.05, 4.69) is 5.16 Å². The highest BCUT2D eigenvalue weighted by Crippen LogP contribution is 2.14. The summed E-state index contributed by atoms with van der Waals surface area (Å²) in [6.45, 7) is -0.221. The van der Waals surface area contributed by atoms with Crippen molar-refractivity contribution in [3.05, 3.63) is 59.7 Å². The lowest BCUT2D eigenvalue weighted by molar-refractivity contribution is -0.119. The van der Waals surface area contributed by atoms with Gasteiger partial charge in [-0.1, -0.05) is 11.2 Å². The van der Waals surface area contributed by atoms with Crippen molar-refractivity contribution in [3.8, 4) is 11.5 Å². The normalized spacial score (nSPS) is 10.8. The highest BCUT2D eigenvalue weighted by Gasteiger charge is 2.09. The molecule has 8 heteroatoms. The standard InChI is InChI=1S/C17H17N3O5/c1-23-14-4-2-3-12(9-14)17(22)25-20-16(19)11-5-7-13(8-6-11)24-10-15(18)21/h2-9H,10H2,1H3,(H2,18,21)(H2,19,20). The number of rotatable bonds is 7. The summed E-state index contributed by atoms with van der Waals surface area (Å²) in [6, 6.07) is 12.8. The molecule has 0 atom stereocenters. The average molecular weight is 343 g/mol. The predicted molar refractivity (Wildman–Crippen MR) is 90.3 cm³/mol. The van der Waals surface area contributed by atoms with Crippen molar-refractivity contribution in [1.29, 1.82) is 0 Å². The van der Waals surface area contributed by atoms with Crippen molar-refractivity contribution < 1.29 is 23.9 Å². The molecule has 0 unspecified atom stereocenters. The Morgan fingerprint density at radius 2 is 1.72 bits per heavy atom. The third-order valence-corrected chi connectivity index (χ3v) is 3.06. The quantitative estimate of drug-likeness (QED) is 0.335. The van der Waals surface area contributed by atoms with Crippen LogP contribution in [0.5, 0.6) is 11.5 Å². The summed E-state index contributed by atoms with van der Waals surface area (Å²) >= 11 is 0. The molecule has 0 fully saturated rings.